The Hall–Kier alpha value is -4.59. The van der Waals surface area contributed by atoms with E-state index in [-0.39, 0.29) is 34.2 Å². The van der Waals surface area contributed by atoms with E-state index in [1.54, 1.807) is 16.4 Å². The van der Waals surface area contributed by atoms with Gasteiger partial charge in [-0.25, -0.2) is 14.3 Å². The first-order valence-electron chi connectivity index (χ1n) is 14.2. The van der Waals surface area contributed by atoms with Crippen LogP contribution in [0.2, 0.25) is 0 Å². The highest BCUT2D eigenvalue weighted by atomic mass is 32.1. The van der Waals surface area contributed by atoms with E-state index in [2.05, 4.69) is 15.5 Å². The number of nitrogen functional groups attached to an aromatic ring is 1. The number of allylic oxidation sites excluding steroid dienone is 2. The number of fused-ring (bicyclic) bond motifs is 1. The molecule has 1 saturated carbocycles. The number of carboxylic acid groups (broad SMARTS) is 1. The van der Waals surface area contributed by atoms with Gasteiger partial charge < -0.3 is 25.9 Å². The first kappa shape index (κ1) is 28.5. The van der Waals surface area contributed by atoms with Crippen molar-refractivity contribution in [1.82, 2.24) is 15.2 Å². The molecule has 14 heteroatoms. The molecule has 224 valence electrons. The molecule has 0 aromatic carbocycles. The summed E-state index contributed by atoms with van der Waals surface area (Å²) in [6, 6.07) is 2.21. The van der Waals surface area contributed by atoms with Gasteiger partial charge in [-0.15, -0.1) is 11.3 Å². The van der Waals surface area contributed by atoms with Crippen LogP contribution in [-0.4, -0.2) is 69.1 Å². The Morgan fingerprint density at radius 2 is 1.95 bits per heavy atom. The number of aliphatic carboxylic acids is 1. The quantitative estimate of drug-likeness (QED) is 0.133. The lowest BCUT2D eigenvalue weighted by Gasteiger charge is -2.50. The average Bonchev–Trinajstić information content (AvgIpc) is 3.75. The van der Waals surface area contributed by atoms with Crippen molar-refractivity contribution in [2.45, 2.75) is 63.1 Å². The predicted octanol–water partition coefficient (Wildman–Crippen LogP) is 1.40. The summed E-state index contributed by atoms with van der Waals surface area (Å²) in [4.78, 5) is 64.9. The SMILES string of the molecule is C[n+]1ccc(N2CCC(=CC3=C(C(=O)O)N4C(=O)[C@@H](NC(=O)C(=NOC5CCCC5)c5csc(N)n5)[C@H]4CC3)C2=O)cc1. The zero-order valence-corrected chi connectivity index (χ0v) is 24.4. The number of nitrogens with two attached hydrogens (primary N) is 1. The third-order valence-corrected chi connectivity index (χ3v) is 8.96. The Bertz CT molecular complexity index is 1570. The highest BCUT2D eigenvalue weighted by Crippen LogP contribution is 2.38. The summed E-state index contributed by atoms with van der Waals surface area (Å²) in [6.45, 7) is 0.479. The summed E-state index contributed by atoms with van der Waals surface area (Å²) in [7, 11) is 1.89. The van der Waals surface area contributed by atoms with E-state index in [4.69, 9.17) is 10.6 Å². The van der Waals surface area contributed by atoms with Crippen molar-refractivity contribution in [3.8, 4) is 0 Å². The molecule has 5 heterocycles. The maximum atomic E-state index is 13.3. The van der Waals surface area contributed by atoms with Gasteiger partial charge in [0.25, 0.3) is 17.7 Å². The second-order valence-electron chi connectivity index (χ2n) is 11.1. The Balaban J connectivity index is 1.19. The fraction of sp³-hybridized carbons (Fsp3) is 0.414. The fourth-order valence-electron chi connectivity index (χ4n) is 6.04. The molecule has 6 rings (SSSR count). The van der Waals surface area contributed by atoms with Gasteiger partial charge in [-0.1, -0.05) is 5.16 Å². The summed E-state index contributed by atoms with van der Waals surface area (Å²) >= 11 is 1.15. The van der Waals surface area contributed by atoms with Gasteiger partial charge in [-0.3, -0.25) is 19.3 Å². The maximum Gasteiger partial charge on any atom is 0.352 e. The second-order valence-corrected chi connectivity index (χ2v) is 12.0. The molecule has 43 heavy (non-hydrogen) atoms. The number of nitrogens with one attached hydrogen (secondary N) is 1. The molecule has 3 aliphatic heterocycles. The molecule has 3 amide bonds. The monoisotopic (exact) mass is 606 g/mol. The van der Waals surface area contributed by atoms with Crippen LogP contribution in [0.5, 0.6) is 0 Å². The second kappa shape index (κ2) is 11.6. The summed E-state index contributed by atoms with van der Waals surface area (Å²) in [5.41, 5.74) is 7.43. The normalized spacial score (nSPS) is 23.6. The van der Waals surface area contributed by atoms with Crippen LogP contribution in [0.25, 0.3) is 0 Å². The molecule has 2 atom stereocenters. The number of anilines is 2. The van der Waals surface area contributed by atoms with E-state index in [0.717, 1.165) is 42.7 Å². The van der Waals surface area contributed by atoms with Gasteiger partial charge in [0.2, 0.25) is 0 Å². The van der Waals surface area contributed by atoms with Gasteiger partial charge in [-0.05, 0) is 56.6 Å². The van der Waals surface area contributed by atoms with Crippen molar-refractivity contribution in [1.29, 1.82) is 0 Å². The van der Waals surface area contributed by atoms with E-state index in [9.17, 15) is 24.3 Å². The number of oxime groups is 1. The molecule has 4 N–H and O–H groups in total. The molecular formula is C29H32N7O6S+. The summed E-state index contributed by atoms with van der Waals surface area (Å²) in [6.07, 6.45) is 10.1. The van der Waals surface area contributed by atoms with Crippen LogP contribution in [0, 0.1) is 0 Å². The van der Waals surface area contributed by atoms with Crippen LogP contribution in [0.1, 0.15) is 50.6 Å². The average molecular weight is 607 g/mol. The molecule has 2 aromatic heterocycles. The molecule has 1 aliphatic carbocycles. The number of pyridine rings is 1. The minimum atomic E-state index is -1.27. The number of amides is 3. The molecule has 2 aromatic rings. The molecule has 3 fully saturated rings. The molecular weight excluding hydrogens is 574 g/mol. The van der Waals surface area contributed by atoms with Crippen molar-refractivity contribution >= 4 is 51.6 Å². The Kier molecular flexibility index (Phi) is 7.69. The lowest BCUT2D eigenvalue weighted by molar-refractivity contribution is -0.671. The third kappa shape index (κ3) is 5.49. The molecule has 0 unspecified atom stereocenters. The largest absolute Gasteiger partial charge is 0.477 e. The third-order valence-electron chi connectivity index (χ3n) is 8.28. The van der Waals surface area contributed by atoms with Crippen LogP contribution in [0.4, 0.5) is 10.8 Å². The van der Waals surface area contributed by atoms with Crippen LogP contribution in [0.3, 0.4) is 0 Å². The molecule has 13 nitrogen and oxygen atoms in total. The number of carboxylic acids is 1. The molecule has 0 radical (unpaired) electrons. The van der Waals surface area contributed by atoms with E-state index in [1.165, 1.54) is 4.90 Å². The van der Waals surface area contributed by atoms with Gasteiger partial charge in [0.15, 0.2) is 23.2 Å². The number of hydrogen-bond acceptors (Lipinski definition) is 9. The number of aromatic nitrogens is 2. The number of hydrogen-bond donors (Lipinski definition) is 3. The van der Waals surface area contributed by atoms with Crippen molar-refractivity contribution in [3.05, 3.63) is 58.5 Å². The fourth-order valence-corrected chi connectivity index (χ4v) is 6.59. The predicted molar refractivity (Wildman–Crippen MR) is 156 cm³/mol. The highest BCUT2D eigenvalue weighted by Gasteiger charge is 2.53. The van der Waals surface area contributed by atoms with E-state index in [1.807, 2.05) is 36.1 Å². The zero-order valence-electron chi connectivity index (χ0n) is 23.6. The van der Waals surface area contributed by atoms with Gasteiger partial charge in [0, 0.05) is 29.6 Å². The summed E-state index contributed by atoms with van der Waals surface area (Å²) < 4.78 is 1.87. The Labute approximate surface area is 251 Å². The van der Waals surface area contributed by atoms with Crippen LogP contribution in [-0.2, 0) is 31.1 Å². The van der Waals surface area contributed by atoms with E-state index < -0.39 is 29.9 Å². The molecule has 4 aliphatic rings. The minimum absolute atomic E-state index is 0.0854. The van der Waals surface area contributed by atoms with Crippen molar-refractivity contribution < 1.29 is 33.7 Å². The first-order valence-corrected chi connectivity index (χ1v) is 15.1. The highest BCUT2D eigenvalue weighted by molar-refractivity contribution is 7.13. The number of thiazole rings is 1. The van der Waals surface area contributed by atoms with Crippen molar-refractivity contribution in [3.63, 3.8) is 0 Å². The van der Waals surface area contributed by atoms with Crippen LogP contribution >= 0.6 is 11.3 Å². The summed E-state index contributed by atoms with van der Waals surface area (Å²) in [5, 5.41) is 18.8. The number of rotatable bonds is 8. The Morgan fingerprint density at radius 1 is 1.21 bits per heavy atom. The first-order chi connectivity index (χ1) is 20.7. The minimum Gasteiger partial charge on any atom is -0.477 e. The van der Waals surface area contributed by atoms with Gasteiger partial charge >= 0.3 is 5.97 Å². The van der Waals surface area contributed by atoms with Crippen molar-refractivity contribution in [2.24, 2.45) is 12.2 Å². The number of carbonyl (C=O) groups is 4. The Morgan fingerprint density at radius 3 is 2.63 bits per heavy atom. The van der Waals surface area contributed by atoms with E-state index in [0.29, 0.717) is 37.0 Å². The topological polar surface area (TPSA) is 171 Å². The maximum absolute atomic E-state index is 13.3. The van der Waals surface area contributed by atoms with Gasteiger partial charge in [0.1, 0.15) is 30.6 Å². The summed E-state index contributed by atoms with van der Waals surface area (Å²) in [5.74, 6) is -2.65. The van der Waals surface area contributed by atoms with E-state index >= 15 is 0 Å². The number of carbonyl (C=O) groups excluding carboxylic acids is 3. The molecule has 0 bridgehead atoms. The number of nitrogens with zero attached hydrogens (tertiary/aromatic N) is 5. The van der Waals surface area contributed by atoms with Crippen LogP contribution in [0.15, 0.2) is 58.0 Å². The standard InChI is InChI=1S/C29H31N7O6S/c1-34-11-9-18(10-12-34)35-13-8-17(26(35)38)14-16-6-7-21-23(27(39)36(21)24(16)28(40)41)32-25(37)22(20-15-43-29(30)31-20)33-42-19-4-2-3-5-19/h9-12,14-15,19,21,23H,2-8,13H2,1H3,(H3-,30,31,32,37,40,41)/p+1/t21-,23+/m1/s1. The van der Waals surface area contributed by atoms with Gasteiger partial charge in [0.05, 0.1) is 11.7 Å². The molecule has 0 spiro atoms. The van der Waals surface area contributed by atoms with Crippen molar-refractivity contribution in [2.75, 3.05) is 17.2 Å². The lowest BCUT2D eigenvalue weighted by atomic mass is 9.82. The lowest BCUT2D eigenvalue weighted by Crippen LogP contribution is -2.72. The molecule has 2 saturated heterocycles. The number of aryl methyl sites for hydroxylation is 1. The zero-order chi connectivity index (χ0) is 30.2. The smallest absolute Gasteiger partial charge is 0.352 e. The van der Waals surface area contributed by atoms with Gasteiger partial charge in [-0.2, -0.15) is 0 Å². The van der Waals surface area contributed by atoms with Crippen LogP contribution < -0.4 is 20.5 Å². The number of β-lactam (4-membered cyclic amide) rings is 1.